The van der Waals surface area contributed by atoms with Crippen molar-refractivity contribution in [3.63, 3.8) is 0 Å². The van der Waals surface area contributed by atoms with Crippen molar-refractivity contribution >= 4 is 35.3 Å². The Hall–Kier alpha value is -4.37. The van der Waals surface area contributed by atoms with E-state index in [1.165, 1.54) is 7.11 Å². The van der Waals surface area contributed by atoms with Gasteiger partial charge in [0, 0.05) is 31.0 Å². The Kier molecular flexibility index (Phi) is 12.2. The molecule has 2 N–H and O–H groups in total. The number of carbonyl (C=O) groups is 4. The summed E-state index contributed by atoms with van der Waals surface area (Å²) in [6.45, 7) is 1.31. The second kappa shape index (κ2) is 16.5. The number of methoxy groups -OCH3 is 1. The Bertz CT molecular complexity index is 1420. The highest BCUT2D eigenvalue weighted by atomic mass is 35.5. The van der Waals surface area contributed by atoms with Gasteiger partial charge in [0.2, 0.25) is 11.8 Å². The molecule has 9 nitrogen and oxygen atoms in total. The minimum atomic E-state index is -1.08. The number of hydrogen-bond donors (Lipinski definition) is 2. The van der Waals surface area contributed by atoms with E-state index in [0.717, 1.165) is 11.1 Å². The Morgan fingerprint density at radius 1 is 0.955 bits per heavy atom. The molecule has 3 amide bonds. The molecule has 0 saturated carbocycles. The Balaban J connectivity index is 1.61. The fourth-order valence-corrected chi connectivity index (χ4v) is 5.21. The number of nitrogens with one attached hydrogen (secondary N) is 2. The Morgan fingerprint density at radius 3 is 2.36 bits per heavy atom. The number of nitrogens with zero attached hydrogens (tertiary/aromatic N) is 1. The van der Waals surface area contributed by atoms with Crippen LogP contribution in [0, 0.1) is 0 Å². The topological polar surface area (TPSA) is 114 Å². The third-order valence-electron chi connectivity index (χ3n) is 7.49. The van der Waals surface area contributed by atoms with Gasteiger partial charge in [0.25, 0.3) is 5.91 Å². The predicted octanol–water partition coefficient (Wildman–Crippen LogP) is 4.36. The van der Waals surface area contributed by atoms with Crippen molar-refractivity contribution in [1.29, 1.82) is 0 Å². The van der Waals surface area contributed by atoms with Crippen molar-refractivity contribution in [2.24, 2.45) is 0 Å². The summed E-state index contributed by atoms with van der Waals surface area (Å²) in [4.78, 5) is 55.1. The molecule has 0 unspecified atom stereocenters. The van der Waals surface area contributed by atoms with Crippen LogP contribution in [0.4, 0.5) is 0 Å². The number of carbonyl (C=O) groups excluding carboxylic acids is 4. The average Bonchev–Trinajstić information content (AvgIpc) is 3.04. The SMILES string of the molecule is COC(=O)[C@@H]1CCC(=O)N(CCc2ccccc2)CCCCOc2cc(Cl)ccc2C(=O)N[C@H](Cc2ccccc2)C(=O)N1. The standard InChI is InChI=1S/C34H38ClN3O6/c1-43-34(42)28-16-17-31(39)38(20-18-24-10-4-2-5-11-24)19-8-9-21-44-30-23-26(35)14-15-27(30)32(40)37-29(33(41)36-28)22-25-12-6-3-7-13-25/h2-7,10-15,23,28-29H,8-9,16-22H2,1H3,(H,36,41)(H,37,40)/t28-,29+/m0/s1. The number of fused-ring (bicyclic) bond motifs is 1. The monoisotopic (exact) mass is 619 g/mol. The molecule has 0 aliphatic carbocycles. The third kappa shape index (κ3) is 9.57. The first-order chi connectivity index (χ1) is 21.3. The highest BCUT2D eigenvalue weighted by Gasteiger charge is 2.30. The highest BCUT2D eigenvalue weighted by Crippen LogP contribution is 2.24. The zero-order chi connectivity index (χ0) is 31.3. The van der Waals surface area contributed by atoms with E-state index in [1.807, 2.05) is 60.7 Å². The number of amides is 3. The first-order valence-electron chi connectivity index (χ1n) is 14.8. The molecule has 10 heteroatoms. The molecule has 1 aliphatic rings. The molecule has 0 spiro atoms. The lowest BCUT2D eigenvalue weighted by Gasteiger charge is -2.25. The molecule has 44 heavy (non-hydrogen) atoms. The molecule has 0 fully saturated rings. The fourth-order valence-electron chi connectivity index (χ4n) is 5.04. The first kappa shape index (κ1) is 32.5. The van der Waals surface area contributed by atoms with Gasteiger partial charge < -0.3 is 25.0 Å². The van der Waals surface area contributed by atoms with Crippen molar-refractivity contribution in [2.75, 3.05) is 26.8 Å². The van der Waals surface area contributed by atoms with Gasteiger partial charge in [0.1, 0.15) is 17.8 Å². The lowest BCUT2D eigenvalue weighted by molar-refractivity contribution is -0.145. The fraction of sp³-hybridized carbons (Fsp3) is 0.353. The summed E-state index contributed by atoms with van der Waals surface area (Å²) < 4.78 is 11.0. The van der Waals surface area contributed by atoms with Gasteiger partial charge in [-0.3, -0.25) is 14.4 Å². The second-order valence-electron chi connectivity index (χ2n) is 10.7. The van der Waals surface area contributed by atoms with E-state index in [0.29, 0.717) is 49.7 Å². The smallest absolute Gasteiger partial charge is 0.328 e. The van der Waals surface area contributed by atoms with E-state index in [1.54, 1.807) is 23.1 Å². The molecular formula is C34H38ClN3O6. The van der Waals surface area contributed by atoms with Gasteiger partial charge in [-0.15, -0.1) is 0 Å². The van der Waals surface area contributed by atoms with Crippen LogP contribution < -0.4 is 15.4 Å². The molecule has 4 rings (SSSR count). The van der Waals surface area contributed by atoms with Crippen LogP contribution in [0.15, 0.2) is 78.9 Å². The lowest BCUT2D eigenvalue weighted by Crippen LogP contribution is -2.53. The van der Waals surface area contributed by atoms with Gasteiger partial charge in [-0.25, -0.2) is 4.79 Å². The lowest BCUT2D eigenvalue weighted by atomic mass is 10.0. The van der Waals surface area contributed by atoms with Crippen LogP contribution in [-0.4, -0.2) is 67.5 Å². The number of benzene rings is 3. The number of ether oxygens (including phenoxy) is 2. The minimum Gasteiger partial charge on any atom is -0.493 e. The summed E-state index contributed by atoms with van der Waals surface area (Å²) in [6, 6.07) is 21.7. The number of hydrogen-bond acceptors (Lipinski definition) is 6. The summed E-state index contributed by atoms with van der Waals surface area (Å²) in [6.07, 6.45) is 2.23. The molecule has 0 radical (unpaired) electrons. The van der Waals surface area contributed by atoms with Crippen molar-refractivity contribution < 1.29 is 28.7 Å². The van der Waals surface area contributed by atoms with Crippen molar-refractivity contribution in [2.45, 2.75) is 50.6 Å². The van der Waals surface area contributed by atoms with Gasteiger partial charge in [-0.1, -0.05) is 72.3 Å². The van der Waals surface area contributed by atoms with E-state index >= 15 is 0 Å². The molecule has 3 aromatic rings. The predicted molar refractivity (Wildman–Crippen MR) is 167 cm³/mol. The largest absolute Gasteiger partial charge is 0.493 e. The highest BCUT2D eigenvalue weighted by molar-refractivity contribution is 6.30. The van der Waals surface area contributed by atoms with Gasteiger partial charge in [-0.2, -0.15) is 0 Å². The van der Waals surface area contributed by atoms with E-state index in [9.17, 15) is 19.2 Å². The van der Waals surface area contributed by atoms with Gasteiger partial charge in [0.15, 0.2) is 0 Å². The third-order valence-corrected chi connectivity index (χ3v) is 7.72. The first-order valence-corrected chi connectivity index (χ1v) is 15.2. The second-order valence-corrected chi connectivity index (χ2v) is 11.1. The molecule has 0 bridgehead atoms. The maximum absolute atomic E-state index is 13.6. The van der Waals surface area contributed by atoms with E-state index in [4.69, 9.17) is 21.1 Å². The maximum Gasteiger partial charge on any atom is 0.328 e. The molecule has 232 valence electrons. The summed E-state index contributed by atoms with van der Waals surface area (Å²) in [5.74, 6) is -1.60. The summed E-state index contributed by atoms with van der Waals surface area (Å²) >= 11 is 6.23. The van der Waals surface area contributed by atoms with E-state index in [-0.39, 0.29) is 30.7 Å². The number of esters is 1. The van der Waals surface area contributed by atoms with E-state index < -0.39 is 29.9 Å². The van der Waals surface area contributed by atoms with Crippen molar-refractivity contribution in [1.82, 2.24) is 15.5 Å². The van der Waals surface area contributed by atoms with Crippen LogP contribution in [0.2, 0.25) is 5.02 Å². The van der Waals surface area contributed by atoms with Gasteiger partial charge >= 0.3 is 5.97 Å². The Labute approximate surface area is 262 Å². The summed E-state index contributed by atoms with van der Waals surface area (Å²) in [5.41, 5.74) is 2.15. The van der Waals surface area contributed by atoms with Crippen LogP contribution in [0.25, 0.3) is 0 Å². The Morgan fingerprint density at radius 2 is 1.66 bits per heavy atom. The summed E-state index contributed by atoms with van der Waals surface area (Å²) in [7, 11) is 1.23. The van der Waals surface area contributed by atoms with Crippen LogP contribution in [0.1, 0.15) is 47.2 Å². The van der Waals surface area contributed by atoms with Crippen LogP contribution in [-0.2, 0) is 32.0 Å². The average molecular weight is 620 g/mol. The molecule has 0 saturated heterocycles. The molecule has 3 aromatic carbocycles. The minimum absolute atomic E-state index is 0.0327. The van der Waals surface area contributed by atoms with Crippen molar-refractivity contribution in [3.05, 3.63) is 101 Å². The van der Waals surface area contributed by atoms with Gasteiger partial charge in [0.05, 0.1) is 19.3 Å². The number of rotatable bonds is 6. The maximum atomic E-state index is 13.6. The van der Waals surface area contributed by atoms with Gasteiger partial charge in [-0.05, 0) is 55.0 Å². The molecule has 2 atom stereocenters. The number of halogens is 1. The molecule has 0 aromatic heterocycles. The quantitative estimate of drug-likeness (QED) is 0.396. The van der Waals surface area contributed by atoms with Crippen LogP contribution in [0.3, 0.4) is 0 Å². The molecular weight excluding hydrogens is 582 g/mol. The molecule has 1 heterocycles. The zero-order valence-electron chi connectivity index (χ0n) is 24.8. The zero-order valence-corrected chi connectivity index (χ0v) is 25.6. The molecule has 1 aliphatic heterocycles. The van der Waals surface area contributed by atoms with Crippen LogP contribution in [0.5, 0.6) is 5.75 Å². The summed E-state index contributed by atoms with van der Waals surface area (Å²) in [5, 5.41) is 5.94. The van der Waals surface area contributed by atoms with Crippen molar-refractivity contribution in [3.8, 4) is 5.75 Å². The van der Waals surface area contributed by atoms with E-state index in [2.05, 4.69) is 10.6 Å². The van der Waals surface area contributed by atoms with Crippen LogP contribution >= 0.6 is 11.6 Å². The normalized spacial score (nSPS) is 18.7.